The molecule has 0 saturated carbocycles. The van der Waals surface area contributed by atoms with Gasteiger partial charge in [0.25, 0.3) is 0 Å². The van der Waals surface area contributed by atoms with E-state index in [4.69, 9.17) is 19.8 Å². The number of halogens is 6. The van der Waals surface area contributed by atoms with Gasteiger partial charge in [-0.15, -0.1) is 11.3 Å². The molecule has 0 spiro atoms. The van der Waals surface area contributed by atoms with E-state index in [9.17, 15) is 26.3 Å². The van der Waals surface area contributed by atoms with Crippen molar-refractivity contribution in [2.75, 3.05) is 18.4 Å². The molecule has 0 aliphatic carbocycles. The maximum atomic E-state index is 10.6. The zero-order valence-corrected chi connectivity index (χ0v) is 21.0. The number of rotatable bonds is 5. The molecule has 0 amide bonds. The Bertz CT molecular complexity index is 1180. The SMILES string of the molecule is Cc1ncsc1CN1Cc2ccnn2CC(CNc2ncccn2)C1.O=C(O)C(F)(F)F.O=C(O)C(F)(F)F. The summed E-state index contributed by atoms with van der Waals surface area (Å²) in [7, 11) is 0. The fourth-order valence-corrected chi connectivity index (χ4v) is 3.99. The molecule has 0 fully saturated rings. The van der Waals surface area contributed by atoms with E-state index >= 15 is 0 Å². The highest BCUT2D eigenvalue weighted by Gasteiger charge is 2.38. The van der Waals surface area contributed by atoms with Gasteiger partial charge in [-0.2, -0.15) is 31.4 Å². The van der Waals surface area contributed by atoms with Crippen LogP contribution in [0, 0.1) is 12.8 Å². The lowest BCUT2D eigenvalue weighted by atomic mass is 10.1. The summed E-state index contributed by atoms with van der Waals surface area (Å²) in [6.45, 7) is 6.65. The predicted octanol–water partition coefficient (Wildman–Crippen LogP) is 3.45. The molecule has 11 nitrogen and oxygen atoms in total. The first-order valence-electron chi connectivity index (χ1n) is 10.9. The van der Waals surface area contributed by atoms with E-state index in [2.05, 4.69) is 47.9 Å². The molecule has 3 N–H and O–H groups in total. The normalized spacial score (nSPS) is 15.5. The quantitative estimate of drug-likeness (QED) is 0.382. The van der Waals surface area contributed by atoms with Crippen LogP contribution in [0.15, 0.2) is 36.2 Å². The molecule has 1 aliphatic rings. The van der Waals surface area contributed by atoms with Crippen molar-refractivity contribution in [2.45, 2.75) is 38.9 Å². The lowest BCUT2D eigenvalue weighted by Crippen LogP contribution is -2.31. The van der Waals surface area contributed by atoms with Crippen LogP contribution in [0.3, 0.4) is 0 Å². The zero-order chi connectivity index (χ0) is 29.2. The van der Waals surface area contributed by atoms with Gasteiger partial charge < -0.3 is 15.5 Å². The maximum absolute atomic E-state index is 10.6. The molecule has 0 bridgehead atoms. The summed E-state index contributed by atoms with van der Waals surface area (Å²) >= 11 is 1.73. The van der Waals surface area contributed by atoms with Crippen molar-refractivity contribution in [3.63, 3.8) is 0 Å². The van der Waals surface area contributed by atoms with Gasteiger partial charge >= 0.3 is 24.3 Å². The number of thiazole rings is 1. The van der Waals surface area contributed by atoms with Gasteiger partial charge in [0.05, 0.1) is 16.9 Å². The van der Waals surface area contributed by atoms with Crippen molar-refractivity contribution in [1.29, 1.82) is 0 Å². The van der Waals surface area contributed by atoms with Gasteiger partial charge in [0.15, 0.2) is 0 Å². The van der Waals surface area contributed by atoms with Crippen molar-refractivity contribution in [3.8, 4) is 0 Å². The second kappa shape index (κ2) is 13.8. The maximum Gasteiger partial charge on any atom is 0.490 e. The number of fused-ring (bicyclic) bond motifs is 1. The monoisotopic (exact) mass is 583 g/mol. The molecule has 1 atom stereocenters. The summed E-state index contributed by atoms with van der Waals surface area (Å²) in [6.07, 6.45) is -4.76. The number of nitrogens with zero attached hydrogens (tertiary/aromatic N) is 6. The number of carboxylic acid groups (broad SMARTS) is 2. The second-order valence-corrected chi connectivity index (χ2v) is 8.90. The van der Waals surface area contributed by atoms with E-state index in [-0.39, 0.29) is 0 Å². The first-order chi connectivity index (χ1) is 18.2. The van der Waals surface area contributed by atoms with Crippen LogP contribution in [0.5, 0.6) is 0 Å². The van der Waals surface area contributed by atoms with E-state index in [1.54, 1.807) is 23.7 Å². The number of aliphatic carboxylic acids is 2. The van der Waals surface area contributed by atoms with E-state index in [1.165, 1.54) is 10.6 Å². The Morgan fingerprint density at radius 2 is 1.62 bits per heavy atom. The number of hydrogen-bond acceptors (Lipinski definition) is 9. The van der Waals surface area contributed by atoms with Gasteiger partial charge in [0.1, 0.15) is 0 Å². The molecule has 214 valence electrons. The summed E-state index contributed by atoms with van der Waals surface area (Å²) in [6, 6.07) is 3.94. The van der Waals surface area contributed by atoms with E-state index in [1.807, 2.05) is 17.8 Å². The van der Waals surface area contributed by atoms with Crippen LogP contribution < -0.4 is 5.32 Å². The van der Waals surface area contributed by atoms with Gasteiger partial charge in [-0.25, -0.2) is 24.5 Å². The van der Waals surface area contributed by atoms with Crippen LogP contribution in [-0.2, 0) is 29.2 Å². The van der Waals surface area contributed by atoms with Crippen LogP contribution in [0.25, 0.3) is 0 Å². The average molecular weight is 584 g/mol. The molecule has 0 saturated heterocycles. The molecular formula is C21H23F6N7O4S. The van der Waals surface area contributed by atoms with Crippen LogP contribution in [0.1, 0.15) is 16.3 Å². The molecule has 1 aliphatic heterocycles. The molecule has 3 aromatic heterocycles. The Labute approximate surface area is 221 Å². The van der Waals surface area contributed by atoms with E-state index in [0.29, 0.717) is 11.9 Å². The van der Waals surface area contributed by atoms with Gasteiger partial charge in [-0.3, -0.25) is 9.58 Å². The summed E-state index contributed by atoms with van der Waals surface area (Å²) in [4.78, 5) is 34.5. The smallest absolute Gasteiger partial charge is 0.475 e. The molecule has 3 aromatic rings. The fourth-order valence-electron chi connectivity index (χ4n) is 3.18. The number of carboxylic acids is 2. The molecule has 1 unspecified atom stereocenters. The minimum absolute atomic E-state index is 0.429. The Hall–Kier alpha value is -3.80. The molecule has 0 radical (unpaired) electrons. The molecule has 4 rings (SSSR count). The van der Waals surface area contributed by atoms with Crippen LogP contribution in [0.2, 0.25) is 0 Å². The number of aryl methyl sites for hydroxylation is 1. The third kappa shape index (κ3) is 10.8. The van der Waals surface area contributed by atoms with Gasteiger partial charge in [-0.1, -0.05) is 0 Å². The lowest BCUT2D eigenvalue weighted by molar-refractivity contribution is -0.193. The Morgan fingerprint density at radius 3 is 2.13 bits per heavy atom. The Balaban J connectivity index is 0.000000317. The summed E-state index contributed by atoms with van der Waals surface area (Å²) < 4.78 is 65.6. The van der Waals surface area contributed by atoms with Crippen molar-refractivity contribution >= 4 is 29.2 Å². The minimum atomic E-state index is -5.08. The molecule has 4 heterocycles. The summed E-state index contributed by atoms with van der Waals surface area (Å²) in [5, 5.41) is 22.1. The number of hydrogen-bond donors (Lipinski definition) is 3. The molecular weight excluding hydrogens is 560 g/mol. The van der Waals surface area contributed by atoms with Crippen molar-refractivity contribution < 1.29 is 46.1 Å². The second-order valence-electron chi connectivity index (χ2n) is 7.96. The highest BCUT2D eigenvalue weighted by atomic mass is 32.1. The number of alkyl halides is 6. The van der Waals surface area contributed by atoms with Gasteiger partial charge in [0, 0.05) is 62.1 Å². The van der Waals surface area contributed by atoms with Crippen molar-refractivity contribution in [2.24, 2.45) is 5.92 Å². The first kappa shape index (κ1) is 31.4. The van der Waals surface area contributed by atoms with E-state index in [0.717, 1.165) is 38.4 Å². The Kier molecular flexibility index (Phi) is 11.1. The average Bonchev–Trinajstić information content (AvgIpc) is 3.41. The molecule has 18 heteroatoms. The van der Waals surface area contributed by atoms with Gasteiger partial charge in [-0.05, 0) is 19.1 Å². The minimum Gasteiger partial charge on any atom is -0.475 e. The van der Waals surface area contributed by atoms with Crippen LogP contribution in [0.4, 0.5) is 32.3 Å². The zero-order valence-electron chi connectivity index (χ0n) is 20.1. The lowest BCUT2D eigenvalue weighted by Gasteiger charge is -2.23. The van der Waals surface area contributed by atoms with E-state index < -0.39 is 24.3 Å². The standard InChI is InChI=1S/C17H21N7S.2C2HF3O2/c1-13-16(25-12-21-13)11-23-8-14(7-20-17-18-4-2-5-19-17)9-24-15(10-23)3-6-22-24;2*3-2(4,5)1(6)7/h2-6,12,14H,7-11H2,1H3,(H,18,19,20);2*(H,6,7). The third-order valence-electron chi connectivity index (χ3n) is 4.95. The predicted molar refractivity (Wildman–Crippen MR) is 125 cm³/mol. The summed E-state index contributed by atoms with van der Waals surface area (Å²) in [5.41, 5.74) is 4.33. The fraction of sp³-hybridized carbons (Fsp3) is 0.429. The largest absolute Gasteiger partial charge is 0.490 e. The summed E-state index contributed by atoms with van der Waals surface area (Å²) in [5.74, 6) is -4.41. The number of anilines is 1. The highest BCUT2D eigenvalue weighted by molar-refractivity contribution is 7.09. The van der Waals surface area contributed by atoms with Crippen molar-refractivity contribution in [3.05, 3.63) is 52.5 Å². The highest BCUT2D eigenvalue weighted by Crippen LogP contribution is 2.21. The van der Waals surface area contributed by atoms with Gasteiger partial charge in [0.2, 0.25) is 5.95 Å². The van der Waals surface area contributed by atoms with Crippen LogP contribution >= 0.6 is 11.3 Å². The number of aromatic nitrogens is 5. The third-order valence-corrected chi connectivity index (χ3v) is 5.87. The molecule has 39 heavy (non-hydrogen) atoms. The first-order valence-corrected chi connectivity index (χ1v) is 11.8. The Morgan fingerprint density at radius 1 is 1.03 bits per heavy atom. The molecule has 0 aromatic carbocycles. The van der Waals surface area contributed by atoms with Crippen molar-refractivity contribution in [1.82, 2.24) is 29.6 Å². The number of nitrogens with one attached hydrogen (secondary N) is 1. The topological polar surface area (TPSA) is 146 Å². The van der Waals surface area contributed by atoms with Crippen LogP contribution in [-0.4, -0.2) is 77.2 Å². The number of carbonyl (C=O) groups is 2.